The molecule has 0 radical (unpaired) electrons. The Balaban J connectivity index is 1.60. The van der Waals surface area contributed by atoms with Crippen LogP contribution in [0.15, 0.2) is 65.8 Å². The fourth-order valence-corrected chi connectivity index (χ4v) is 4.82. The zero-order chi connectivity index (χ0) is 28.6. The summed E-state index contributed by atoms with van der Waals surface area (Å²) in [4.78, 5) is 61.7. The minimum atomic E-state index is -1.21. The van der Waals surface area contributed by atoms with Gasteiger partial charge in [-0.1, -0.05) is 48.5 Å². The van der Waals surface area contributed by atoms with Crippen LogP contribution in [0.1, 0.15) is 24.0 Å². The Hall–Kier alpha value is -4.71. The molecule has 210 valence electrons. The van der Waals surface area contributed by atoms with Crippen molar-refractivity contribution < 1.29 is 19.2 Å². The molecule has 12 heteroatoms. The largest absolute Gasteiger partial charge is 0.370 e. The summed E-state index contributed by atoms with van der Waals surface area (Å²) in [7, 11) is 0. The van der Waals surface area contributed by atoms with Gasteiger partial charge in [0.2, 0.25) is 23.6 Å². The van der Waals surface area contributed by atoms with E-state index in [1.807, 2.05) is 54.6 Å². The molecule has 9 N–H and O–H groups in total. The maximum atomic E-state index is 13.7. The molecule has 0 spiro atoms. The fourth-order valence-electron chi connectivity index (χ4n) is 4.82. The number of nitrogens with zero attached hydrogens (tertiary/aromatic N) is 2. The minimum absolute atomic E-state index is 0.0755. The number of aromatic amines is 1. The lowest BCUT2D eigenvalue weighted by molar-refractivity contribution is -0.152. The van der Waals surface area contributed by atoms with Crippen molar-refractivity contribution in [3.63, 3.8) is 0 Å². The molecule has 2 aromatic carbocycles. The monoisotopic (exact) mass is 546 g/mol. The number of fused-ring (bicyclic) bond motifs is 1. The Morgan fingerprint density at radius 2 is 1.75 bits per heavy atom. The Labute approximate surface area is 231 Å². The second-order valence-electron chi connectivity index (χ2n) is 9.71. The SMILES string of the molecule is NC(N)=NCCC[C@H]1C(=O)N[C@H](Cc2c[nH]c3ccccc23)C(=O)NCC(=O)N1C(=O)[C@H](N)Cc1ccccc1. The number of aromatic nitrogens is 1. The number of rotatable bonds is 9. The standard InChI is InChI=1S/C28H34N8O4/c29-20(13-17-7-2-1-3-8-17)27(40)36-23(11-6-12-32-28(30)31)26(39)35-22(25(38)34-16-24(36)37)14-18-15-33-21-10-5-4-9-19(18)21/h1-5,7-10,15,20,22-23,33H,6,11-14,16,29H2,(H,34,38)(H,35,39)(H4,30,31,32)/t20-,22-,23+/m1/s1. The molecule has 0 bridgehead atoms. The number of guanidine groups is 1. The Morgan fingerprint density at radius 3 is 2.50 bits per heavy atom. The van der Waals surface area contributed by atoms with Gasteiger partial charge in [-0.25, -0.2) is 0 Å². The third kappa shape index (κ3) is 6.83. The summed E-state index contributed by atoms with van der Waals surface area (Å²) in [5, 5.41) is 6.26. The number of para-hydroxylation sites is 1. The summed E-state index contributed by atoms with van der Waals surface area (Å²) in [5.41, 5.74) is 19.6. The molecule has 12 nitrogen and oxygen atoms in total. The molecular weight excluding hydrogens is 512 g/mol. The van der Waals surface area contributed by atoms with Crippen LogP contribution in [-0.4, -0.2) is 70.7 Å². The van der Waals surface area contributed by atoms with Crippen molar-refractivity contribution in [2.24, 2.45) is 22.2 Å². The molecule has 0 aliphatic carbocycles. The highest BCUT2D eigenvalue weighted by Crippen LogP contribution is 2.20. The van der Waals surface area contributed by atoms with Gasteiger partial charge in [-0.15, -0.1) is 0 Å². The lowest BCUT2D eigenvalue weighted by Crippen LogP contribution is -2.58. The van der Waals surface area contributed by atoms with Crippen LogP contribution in [0.25, 0.3) is 10.9 Å². The topological polar surface area (TPSA) is 202 Å². The summed E-state index contributed by atoms with van der Waals surface area (Å²) in [6.07, 6.45) is 2.51. The van der Waals surface area contributed by atoms with Gasteiger partial charge in [-0.3, -0.25) is 29.1 Å². The highest BCUT2D eigenvalue weighted by atomic mass is 16.2. The van der Waals surface area contributed by atoms with Crippen molar-refractivity contribution in [3.8, 4) is 0 Å². The highest BCUT2D eigenvalue weighted by molar-refractivity contribution is 6.05. The molecule has 4 rings (SSSR count). The molecular formula is C28H34N8O4. The minimum Gasteiger partial charge on any atom is -0.370 e. The summed E-state index contributed by atoms with van der Waals surface area (Å²) >= 11 is 0. The number of H-pyrrole nitrogens is 1. The molecule has 4 amide bonds. The van der Waals surface area contributed by atoms with Crippen LogP contribution < -0.4 is 27.8 Å². The number of carbonyl (C=O) groups is 4. The number of amides is 4. The summed E-state index contributed by atoms with van der Waals surface area (Å²) in [6, 6.07) is 13.5. The zero-order valence-corrected chi connectivity index (χ0v) is 22.0. The first-order chi connectivity index (χ1) is 19.2. The summed E-state index contributed by atoms with van der Waals surface area (Å²) in [5.74, 6) is -2.72. The van der Waals surface area contributed by atoms with Crippen LogP contribution in [0.5, 0.6) is 0 Å². The second kappa shape index (κ2) is 12.9. The van der Waals surface area contributed by atoms with E-state index in [1.54, 1.807) is 6.20 Å². The van der Waals surface area contributed by atoms with E-state index in [2.05, 4.69) is 20.6 Å². The Bertz CT molecular complexity index is 1400. The van der Waals surface area contributed by atoms with E-state index in [9.17, 15) is 19.2 Å². The van der Waals surface area contributed by atoms with Crippen LogP contribution in [0.2, 0.25) is 0 Å². The van der Waals surface area contributed by atoms with Crippen molar-refractivity contribution in [3.05, 3.63) is 71.9 Å². The zero-order valence-electron chi connectivity index (χ0n) is 22.0. The van der Waals surface area contributed by atoms with Crippen LogP contribution in [0.3, 0.4) is 0 Å². The van der Waals surface area contributed by atoms with E-state index in [0.717, 1.165) is 26.9 Å². The Morgan fingerprint density at radius 1 is 1.02 bits per heavy atom. The van der Waals surface area contributed by atoms with Crippen LogP contribution in [0.4, 0.5) is 0 Å². The van der Waals surface area contributed by atoms with Crippen LogP contribution in [-0.2, 0) is 32.0 Å². The molecule has 0 saturated carbocycles. The number of nitrogens with one attached hydrogen (secondary N) is 3. The Kier molecular flexibility index (Phi) is 9.12. The molecule has 1 aromatic heterocycles. The van der Waals surface area contributed by atoms with Crippen molar-refractivity contribution >= 4 is 40.5 Å². The van der Waals surface area contributed by atoms with Crippen molar-refractivity contribution in [1.82, 2.24) is 20.5 Å². The quantitative estimate of drug-likeness (QED) is 0.120. The lowest BCUT2D eigenvalue weighted by atomic mass is 10.0. The van der Waals surface area contributed by atoms with Crippen molar-refractivity contribution in [2.75, 3.05) is 13.1 Å². The number of nitrogens with two attached hydrogens (primary N) is 3. The van der Waals surface area contributed by atoms with Gasteiger partial charge >= 0.3 is 0 Å². The summed E-state index contributed by atoms with van der Waals surface area (Å²) < 4.78 is 0. The maximum Gasteiger partial charge on any atom is 0.249 e. The highest BCUT2D eigenvalue weighted by Gasteiger charge is 2.39. The molecule has 1 fully saturated rings. The van der Waals surface area contributed by atoms with Gasteiger partial charge in [0.25, 0.3) is 0 Å². The third-order valence-corrected chi connectivity index (χ3v) is 6.81. The normalized spacial score (nSPS) is 18.7. The molecule has 2 heterocycles. The first-order valence-corrected chi connectivity index (χ1v) is 13.1. The molecule has 1 aliphatic heterocycles. The third-order valence-electron chi connectivity index (χ3n) is 6.81. The fraction of sp³-hybridized carbons (Fsp3) is 0.321. The van der Waals surface area contributed by atoms with Crippen LogP contribution >= 0.6 is 0 Å². The first kappa shape index (κ1) is 28.3. The molecule has 0 unspecified atom stereocenters. The number of imide groups is 1. The molecule has 1 saturated heterocycles. The average molecular weight is 547 g/mol. The van der Waals surface area contributed by atoms with E-state index in [4.69, 9.17) is 17.2 Å². The molecule has 3 atom stereocenters. The van der Waals surface area contributed by atoms with Gasteiger partial charge in [-0.2, -0.15) is 0 Å². The van der Waals surface area contributed by atoms with Gasteiger partial charge in [-0.05, 0) is 36.5 Å². The van der Waals surface area contributed by atoms with Crippen molar-refractivity contribution in [1.29, 1.82) is 0 Å². The summed E-state index contributed by atoms with van der Waals surface area (Å²) in [6.45, 7) is -0.277. The molecule has 40 heavy (non-hydrogen) atoms. The van der Waals surface area contributed by atoms with E-state index in [1.165, 1.54) is 0 Å². The molecule has 1 aliphatic rings. The predicted molar refractivity (Wildman–Crippen MR) is 151 cm³/mol. The first-order valence-electron chi connectivity index (χ1n) is 13.1. The van der Waals surface area contributed by atoms with Gasteiger partial charge in [0, 0.05) is 30.1 Å². The van der Waals surface area contributed by atoms with Gasteiger partial charge in [0.05, 0.1) is 12.6 Å². The smallest absolute Gasteiger partial charge is 0.249 e. The average Bonchev–Trinajstić information content (AvgIpc) is 3.36. The van der Waals surface area contributed by atoms with Crippen LogP contribution in [0, 0.1) is 0 Å². The number of carbonyl (C=O) groups excluding carboxylic acids is 4. The number of hydrogen-bond donors (Lipinski definition) is 6. The van der Waals surface area contributed by atoms with E-state index < -0.39 is 48.3 Å². The number of benzene rings is 2. The van der Waals surface area contributed by atoms with Crippen molar-refractivity contribution in [2.45, 2.75) is 43.8 Å². The van der Waals surface area contributed by atoms with Gasteiger partial charge in [0.15, 0.2) is 5.96 Å². The number of hydrogen-bond acceptors (Lipinski definition) is 6. The van der Waals surface area contributed by atoms with Gasteiger partial charge < -0.3 is 32.8 Å². The van der Waals surface area contributed by atoms with E-state index in [0.29, 0.717) is 6.42 Å². The van der Waals surface area contributed by atoms with E-state index in [-0.39, 0.29) is 31.8 Å². The van der Waals surface area contributed by atoms with E-state index >= 15 is 0 Å². The second-order valence-corrected chi connectivity index (χ2v) is 9.71. The lowest BCUT2D eigenvalue weighted by Gasteiger charge is -2.31. The predicted octanol–water partition coefficient (Wildman–Crippen LogP) is -0.328. The number of aliphatic imine (C=N–C) groups is 1. The maximum absolute atomic E-state index is 13.7. The van der Waals surface area contributed by atoms with Gasteiger partial charge in [0.1, 0.15) is 12.1 Å². The molecule has 3 aromatic rings.